The van der Waals surface area contributed by atoms with Crippen molar-refractivity contribution >= 4 is 6.09 Å². The fourth-order valence-electron chi connectivity index (χ4n) is 0.651. The quantitative estimate of drug-likeness (QED) is 0.729. The number of rotatable bonds is 3. The summed E-state index contributed by atoms with van der Waals surface area (Å²) in [5, 5.41) is 8.33. The number of hydrogen-bond donors (Lipinski definition) is 1. The van der Waals surface area contributed by atoms with Crippen LogP contribution in [0.2, 0.25) is 0 Å². The molecule has 0 fully saturated rings. The van der Waals surface area contributed by atoms with Gasteiger partial charge in [0.2, 0.25) is 0 Å². The topological polar surface area (TPSA) is 40.5 Å². The molecule has 0 spiro atoms. The van der Waals surface area contributed by atoms with Gasteiger partial charge in [0.1, 0.15) is 0 Å². The van der Waals surface area contributed by atoms with Crippen LogP contribution >= 0.6 is 0 Å². The van der Waals surface area contributed by atoms with E-state index in [0.717, 1.165) is 0 Å². The van der Waals surface area contributed by atoms with Crippen LogP contribution in [0.4, 0.5) is 18.0 Å². The van der Waals surface area contributed by atoms with Crippen LogP contribution in [-0.4, -0.2) is 35.4 Å². The van der Waals surface area contributed by atoms with Crippen molar-refractivity contribution < 1.29 is 23.1 Å². The Morgan fingerprint density at radius 2 is 2.00 bits per heavy atom. The lowest BCUT2D eigenvalue weighted by atomic mass is 10.4. The summed E-state index contributed by atoms with van der Waals surface area (Å²) in [5.74, 6) is 0. The Bertz CT molecular complexity index is 157. The summed E-state index contributed by atoms with van der Waals surface area (Å²) in [6.07, 6.45) is -6.70. The lowest BCUT2D eigenvalue weighted by molar-refractivity contribution is -0.136. The standard InChI is InChI=1S/C6H10F3NO2/c1-2-10(5(11)12)4-3-6(7,8)9/h2-4H2,1H3,(H,11,12). The highest BCUT2D eigenvalue weighted by molar-refractivity contribution is 5.64. The molecule has 12 heavy (non-hydrogen) atoms. The van der Waals surface area contributed by atoms with Gasteiger partial charge in [-0.1, -0.05) is 0 Å². The molecule has 0 aromatic heterocycles. The first-order valence-corrected chi connectivity index (χ1v) is 3.41. The highest BCUT2D eigenvalue weighted by atomic mass is 19.4. The summed E-state index contributed by atoms with van der Waals surface area (Å²) in [6.45, 7) is 1.07. The van der Waals surface area contributed by atoms with Crippen LogP contribution in [0.3, 0.4) is 0 Å². The molecule has 0 atom stereocenters. The van der Waals surface area contributed by atoms with Gasteiger partial charge in [0.15, 0.2) is 0 Å². The van der Waals surface area contributed by atoms with Gasteiger partial charge in [0, 0.05) is 13.1 Å². The average Bonchev–Trinajstić information content (AvgIpc) is 1.85. The van der Waals surface area contributed by atoms with E-state index in [-0.39, 0.29) is 6.54 Å². The third-order valence-corrected chi connectivity index (χ3v) is 1.32. The molecule has 0 saturated carbocycles. The maximum atomic E-state index is 11.6. The number of nitrogens with zero attached hydrogens (tertiary/aromatic N) is 1. The molecular formula is C6H10F3NO2. The molecule has 72 valence electrons. The van der Waals surface area contributed by atoms with E-state index in [0.29, 0.717) is 4.90 Å². The zero-order valence-corrected chi connectivity index (χ0v) is 6.56. The molecule has 1 N–H and O–H groups in total. The van der Waals surface area contributed by atoms with E-state index >= 15 is 0 Å². The molecule has 6 heteroatoms. The van der Waals surface area contributed by atoms with Gasteiger partial charge in [-0.2, -0.15) is 13.2 Å². The normalized spacial score (nSPS) is 11.3. The van der Waals surface area contributed by atoms with Gasteiger partial charge in [-0.15, -0.1) is 0 Å². The monoisotopic (exact) mass is 185 g/mol. The molecule has 0 aromatic carbocycles. The van der Waals surface area contributed by atoms with Crippen LogP contribution in [0.5, 0.6) is 0 Å². The Hall–Kier alpha value is -0.940. The Morgan fingerprint density at radius 3 is 2.25 bits per heavy atom. The first-order chi connectivity index (χ1) is 5.37. The molecule has 3 nitrogen and oxygen atoms in total. The predicted molar refractivity (Wildman–Crippen MR) is 35.9 cm³/mol. The maximum absolute atomic E-state index is 11.6. The van der Waals surface area contributed by atoms with Crippen LogP contribution < -0.4 is 0 Å². The molecule has 0 bridgehead atoms. The third-order valence-electron chi connectivity index (χ3n) is 1.32. The lowest BCUT2D eigenvalue weighted by Gasteiger charge is -2.17. The lowest BCUT2D eigenvalue weighted by Crippen LogP contribution is -2.32. The maximum Gasteiger partial charge on any atom is 0.407 e. The van der Waals surface area contributed by atoms with Crippen molar-refractivity contribution in [2.45, 2.75) is 19.5 Å². The van der Waals surface area contributed by atoms with Crippen LogP contribution in [-0.2, 0) is 0 Å². The van der Waals surface area contributed by atoms with E-state index in [2.05, 4.69) is 0 Å². The zero-order chi connectivity index (χ0) is 9.78. The van der Waals surface area contributed by atoms with Crippen molar-refractivity contribution in [3.63, 3.8) is 0 Å². The number of hydrogen-bond acceptors (Lipinski definition) is 1. The molecule has 0 unspecified atom stereocenters. The van der Waals surface area contributed by atoms with Crippen molar-refractivity contribution in [1.82, 2.24) is 4.90 Å². The number of carbonyl (C=O) groups is 1. The van der Waals surface area contributed by atoms with Crippen molar-refractivity contribution in [3.8, 4) is 0 Å². The van der Waals surface area contributed by atoms with Crippen LogP contribution in [0.25, 0.3) is 0 Å². The molecule has 0 saturated heterocycles. The van der Waals surface area contributed by atoms with E-state index < -0.39 is 25.2 Å². The molecule has 0 heterocycles. The molecule has 0 rings (SSSR count). The summed E-state index contributed by atoms with van der Waals surface area (Å²) >= 11 is 0. The van der Waals surface area contributed by atoms with Crippen LogP contribution in [0.15, 0.2) is 0 Å². The average molecular weight is 185 g/mol. The van der Waals surface area contributed by atoms with Crippen molar-refractivity contribution in [2.24, 2.45) is 0 Å². The van der Waals surface area contributed by atoms with E-state index in [4.69, 9.17) is 5.11 Å². The molecule has 0 aliphatic carbocycles. The van der Waals surface area contributed by atoms with Gasteiger partial charge in [0.25, 0.3) is 0 Å². The summed E-state index contributed by atoms with van der Waals surface area (Å²) < 4.78 is 34.8. The Balaban J connectivity index is 3.81. The molecule has 0 aliphatic rings. The van der Waals surface area contributed by atoms with E-state index in [1.54, 1.807) is 0 Å². The predicted octanol–water partition coefficient (Wildman–Crippen LogP) is 1.94. The fourth-order valence-corrected chi connectivity index (χ4v) is 0.651. The number of alkyl halides is 3. The Kier molecular flexibility index (Phi) is 3.85. The summed E-state index contributed by atoms with van der Waals surface area (Å²) in [4.78, 5) is 10.9. The SMILES string of the molecule is CCN(CCC(F)(F)F)C(=O)O. The summed E-state index contributed by atoms with van der Waals surface area (Å²) in [5.41, 5.74) is 0. The highest BCUT2D eigenvalue weighted by Crippen LogP contribution is 2.19. The Labute approximate surface area is 67.8 Å². The smallest absolute Gasteiger partial charge is 0.407 e. The minimum atomic E-state index is -4.29. The molecule has 0 aromatic rings. The van der Waals surface area contributed by atoms with Gasteiger partial charge in [-0.25, -0.2) is 4.79 Å². The van der Waals surface area contributed by atoms with Crippen molar-refractivity contribution in [1.29, 1.82) is 0 Å². The van der Waals surface area contributed by atoms with Gasteiger partial charge in [-0.3, -0.25) is 0 Å². The summed E-state index contributed by atoms with van der Waals surface area (Å²) in [7, 11) is 0. The molecule has 0 radical (unpaired) electrons. The van der Waals surface area contributed by atoms with Crippen molar-refractivity contribution in [3.05, 3.63) is 0 Å². The van der Waals surface area contributed by atoms with Crippen LogP contribution in [0.1, 0.15) is 13.3 Å². The second-order valence-electron chi connectivity index (χ2n) is 2.23. The Morgan fingerprint density at radius 1 is 1.50 bits per heavy atom. The largest absolute Gasteiger partial charge is 0.465 e. The van der Waals surface area contributed by atoms with Gasteiger partial charge < -0.3 is 10.0 Å². The van der Waals surface area contributed by atoms with Crippen LogP contribution in [0, 0.1) is 0 Å². The van der Waals surface area contributed by atoms with E-state index in [1.165, 1.54) is 6.92 Å². The van der Waals surface area contributed by atoms with E-state index in [1.807, 2.05) is 0 Å². The third kappa shape index (κ3) is 4.81. The zero-order valence-electron chi connectivity index (χ0n) is 6.56. The first-order valence-electron chi connectivity index (χ1n) is 3.41. The van der Waals surface area contributed by atoms with Crippen molar-refractivity contribution in [2.75, 3.05) is 13.1 Å². The second kappa shape index (κ2) is 4.18. The number of amides is 1. The number of carboxylic acid groups (broad SMARTS) is 1. The number of halogens is 3. The van der Waals surface area contributed by atoms with Gasteiger partial charge >= 0.3 is 12.3 Å². The highest BCUT2D eigenvalue weighted by Gasteiger charge is 2.28. The fraction of sp³-hybridized carbons (Fsp3) is 0.833. The van der Waals surface area contributed by atoms with Gasteiger partial charge in [-0.05, 0) is 6.92 Å². The molecule has 1 amide bonds. The molecule has 0 aliphatic heterocycles. The summed E-state index contributed by atoms with van der Waals surface area (Å²) in [6, 6.07) is 0. The van der Waals surface area contributed by atoms with Gasteiger partial charge in [0.05, 0.1) is 6.42 Å². The molecular weight excluding hydrogens is 175 g/mol. The van der Waals surface area contributed by atoms with E-state index in [9.17, 15) is 18.0 Å². The minimum Gasteiger partial charge on any atom is -0.465 e. The second-order valence-corrected chi connectivity index (χ2v) is 2.23. The first kappa shape index (κ1) is 11.1. The minimum absolute atomic E-state index is 0.0748.